The Kier molecular flexibility index (Phi) is 7.25. The van der Waals surface area contributed by atoms with Crippen LogP contribution < -0.4 is 5.73 Å². The van der Waals surface area contributed by atoms with Crippen molar-refractivity contribution in [3.8, 4) is 0 Å². The van der Waals surface area contributed by atoms with Crippen molar-refractivity contribution in [2.24, 2.45) is 10.7 Å². The Morgan fingerprint density at radius 2 is 0.885 bits per heavy atom. The smallest absolute Gasteiger partial charge is 0.382 e. The molecule has 0 atom stereocenters. The predicted octanol–water partition coefficient (Wildman–Crippen LogP) is 3.98. The molecular weight excluding hydrogens is 468 g/mol. The van der Waals surface area contributed by atoms with E-state index in [9.17, 15) is 61.5 Å². The molecular formula is C8H3CuF14N3+2. The molecule has 0 aliphatic rings. The summed E-state index contributed by atoms with van der Waals surface area (Å²) in [7, 11) is 0. The zero-order valence-electron chi connectivity index (χ0n) is 11.1. The van der Waals surface area contributed by atoms with E-state index >= 15 is 0 Å². The van der Waals surface area contributed by atoms with Crippen molar-refractivity contribution in [2.75, 3.05) is 0 Å². The van der Waals surface area contributed by atoms with E-state index in [0.29, 0.717) is 0 Å². The molecule has 0 bridgehead atoms. The molecule has 0 aromatic rings. The second-order valence-electron chi connectivity index (χ2n) is 4.14. The first-order valence-electron chi connectivity index (χ1n) is 5.13. The summed E-state index contributed by atoms with van der Waals surface area (Å²) in [6, 6.07) is 0. The Hall–Kier alpha value is -1.32. The number of halogens is 14. The Morgan fingerprint density at radius 3 is 1.15 bits per heavy atom. The maximum atomic E-state index is 12.9. The molecule has 3 nitrogen and oxygen atoms in total. The van der Waals surface area contributed by atoms with Crippen LogP contribution in [0.3, 0.4) is 0 Å². The largest absolute Gasteiger partial charge is 2.00 e. The van der Waals surface area contributed by atoms with Gasteiger partial charge in [0.25, 0.3) is 0 Å². The summed E-state index contributed by atoms with van der Waals surface area (Å²) in [6.07, 6.45) is -14.1. The van der Waals surface area contributed by atoms with Gasteiger partial charge in [0.15, 0.2) is 11.7 Å². The van der Waals surface area contributed by atoms with E-state index in [-0.39, 0.29) is 17.1 Å². The zero-order valence-corrected chi connectivity index (χ0v) is 12.1. The number of hydrogen-bond acceptors (Lipinski definition) is 1. The van der Waals surface area contributed by atoms with Gasteiger partial charge >= 0.3 is 53.1 Å². The molecule has 0 aliphatic heterocycles. The van der Waals surface area contributed by atoms with Crippen LogP contribution in [-0.2, 0) is 17.1 Å². The van der Waals surface area contributed by atoms with Crippen molar-refractivity contribution < 1.29 is 78.5 Å². The zero-order chi connectivity index (χ0) is 20.9. The van der Waals surface area contributed by atoms with Crippen molar-refractivity contribution >= 4 is 11.7 Å². The van der Waals surface area contributed by atoms with Crippen molar-refractivity contribution in [1.82, 2.24) is 0 Å². The molecule has 0 aromatic heterocycles. The molecule has 26 heavy (non-hydrogen) atoms. The summed E-state index contributed by atoms with van der Waals surface area (Å²) < 4.78 is 172. The molecule has 0 heterocycles. The van der Waals surface area contributed by atoms with Gasteiger partial charge in [0, 0.05) is 0 Å². The molecule has 0 aromatic carbocycles. The standard InChI is InChI=1S/C8H3F14N3.Cu/c9-3(10,5(13,14)7(17,18)19)1(23)25-2(24)4(11,12)6(15,16)8(20,21)22;/h(H3,23,24,25);/q;+2. The van der Waals surface area contributed by atoms with Crippen LogP contribution in [0, 0.1) is 5.41 Å². The average molecular weight is 471 g/mol. The fourth-order valence-corrected chi connectivity index (χ4v) is 0.926. The van der Waals surface area contributed by atoms with Crippen LogP contribution >= 0.6 is 0 Å². The van der Waals surface area contributed by atoms with Gasteiger partial charge in [-0.05, 0) is 0 Å². The van der Waals surface area contributed by atoms with Crippen LogP contribution in [0.2, 0.25) is 0 Å². The van der Waals surface area contributed by atoms with Gasteiger partial charge in [0.2, 0.25) is 0 Å². The van der Waals surface area contributed by atoms with E-state index in [4.69, 9.17) is 5.41 Å². The predicted molar refractivity (Wildman–Crippen MR) is 51.2 cm³/mol. The second-order valence-corrected chi connectivity index (χ2v) is 4.14. The number of amidine groups is 2. The third kappa shape index (κ3) is 4.15. The first kappa shape index (κ1) is 26.9. The summed E-state index contributed by atoms with van der Waals surface area (Å²) in [4.78, 5) is 1.20. The molecule has 0 fully saturated rings. The van der Waals surface area contributed by atoms with E-state index in [1.165, 1.54) is 4.99 Å². The number of nitrogens with two attached hydrogens (primary N) is 1. The van der Waals surface area contributed by atoms with Crippen molar-refractivity contribution in [1.29, 1.82) is 5.41 Å². The molecule has 3 N–H and O–H groups in total. The van der Waals surface area contributed by atoms with E-state index in [1.54, 1.807) is 0 Å². The van der Waals surface area contributed by atoms with E-state index in [2.05, 4.69) is 5.73 Å². The SMILES string of the molecule is N=C(N=C(N)C(F)(F)C(F)(F)C(F)(F)F)C(F)(F)C(F)(F)C(F)(F)F.[Cu+2]. The Balaban J connectivity index is 0. The third-order valence-corrected chi connectivity index (χ3v) is 2.35. The van der Waals surface area contributed by atoms with Crippen LogP contribution in [0.15, 0.2) is 4.99 Å². The fraction of sp³-hybridized carbons (Fsp3) is 0.750. The minimum Gasteiger partial charge on any atom is -0.382 e. The van der Waals surface area contributed by atoms with Crippen LogP contribution in [-0.4, -0.2) is 47.7 Å². The van der Waals surface area contributed by atoms with Crippen LogP contribution in [0.4, 0.5) is 61.5 Å². The fourth-order valence-electron chi connectivity index (χ4n) is 0.926. The summed E-state index contributed by atoms with van der Waals surface area (Å²) >= 11 is 0. The van der Waals surface area contributed by atoms with Gasteiger partial charge in [-0.15, -0.1) is 0 Å². The number of rotatable bonds is 4. The van der Waals surface area contributed by atoms with Crippen LogP contribution in [0.25, 0.3) is 0 Å². The normalized spacial score (nSPS) is 15.5. The second kappa shape index (κ2) is 7.01. The molecule has 0 aliphatic carbocycles. The molecule has 157 valence electrons. The van der Waals surface area contributed by atoms with E-state index in [1.807, 2.05) is 0 Å². The van der Waals surface area contributed by atoms with Crippen molar-refractivity contribution in [2.45, 2.75) is 36.0 Å². The van der Waals surface area contributed by atoms with Crippen LogP contribution in [0.1, 0.15) is 0 Å². The van der Waals surface area contributed by atoms with E-state index < -0.39 is 47.7 Å². The number of aliphatic imine (C=N–C) groups is 1. The topological polar surface area (TPSA) is 62.2 Å². The first-order chi connectivity index (χ1) is 10.5. The molecule has 0 saturated heterocycles. The summed E-state index contributed by atoms with van der Waals surface area (Å²) in [5, 5.41) is 6.14. The summed E-state index contributed by atoms with van der Waals surface area (Å²) in [6.45, 7) is 0. The maximum absolute atomic E-state index is 12.9. The van der Waals surface area contributed by atoms with Crippen LogP contribution in [0.5, 0.6) is 0 Å². The molecule has 0 rings (SSSR count). The summed E-state index contributed by atoms with van der Waals surface area (Å²) in [5.41, 5.74) is 3.90. The van der Waals surface area contributed by atoms with Gasteiger partial charge in [-0.2, -0.15) is 61.5 Å². The number of hydrogen-bond donors (Lipinski definition) is 2. The van der Waals surface area contributed by atoms with Crippen molar-refractivity contribution in [3.05, 3.63) is 0 Å². The van der Waals surface area contributed by atoms with Gasteiger partial charge in [-0.25, -0.2) is 4.99 Å². The van der Waals surface area contributed by atoms with Gasteiger partial charge in [0.05, 0.1) is 0 Å². The minimum absolute atomic E-state index is 0. The minimum atomic E-state index is -7.09. The van der Waals surface area contributed by atoms with Gasteiger partial charge in [-0.3, -0.25) is 5.41 Å². The first-order valence-corrected chi connectivity index (χ1v) is 5.13. The Labute approximate surface area is 143 Å². The third-order valence-electron chi connectivity index (χ3n) is 2.35. The number of nitrogens with zero attached hydrogens (tertiary/aromatic N) is 1. The molecule has 18 heteroatoms. The number of alkyl halides is 14. The monoisotopic (exact) mass is 470 g/mol. The average Bonchev–Trinajstić information content (AvgIpc) is 2.34. The molecule has 0 saturated carbocycles. The van der Waals surface area contributed by atoms with Gasteiger partial charge in [0.1, 0.15) is 0 Å². The Bertz CT molecular complexity index is 560. The van der Waals surface area contributed by atoms with E-state index in [0.717, 1.165) is 0 Å². The van der Waals surface area contributed by atoms with Gasteiger partial charge < -0.3 is 5.73 Å². The summed E-state index contributed by atoms with van der Waals surface area (Å²) in [5.74, 6) is -34.6. The van der Waals surface area contributed by atoms with Crippen molar-refractivity contribution in [3.63, 3.8) is 0 Å². The maximum Gasteiger partial charge on any atom is 2.00 e. The number of nitrogens with one attached hydrogen (secondary N) is 1. The molecule has 0 unspecified atom stereocenters. The molecule has 0 amide bonds. The Morgan fingerprint density at radius 1 is 0.615 bits per heavy atom. The molecule has 0 spiro atoms. The quantitative estimate of drug-likeness (QED) is 0.278. The molecule has 1 radical (unpaired) electrons. The van der Waals surface area contributed by atoms with Gasteiger partial charge in [-0.1, -0.05) is 0 Å².